The van der Waals surface area contributed by atoms with Gasteiger partial charge in [0, 0.05) is 22.3 Å². The molecule has 0 aromatic heterocycles. The predicted octanol–water partition coefficient (Wildman–Crippen LogP) is -1.91. The number of carbonyl (C=O) groups is 2. The van der Waals surface area contributed by atoms with Crippen LogP contribution in [-0.2, 0) is 28.2 Å². The van der Waals surface area contributed by atoms with Crippen LogP contribution in [0.5, 0.6) is 0 Å². The van der Waals surface area contributed by atoms with E-state index >= 15 is 0 Å². The summed E-state index contributed by atoms with van der Waals surface area (Å²) in [6.45, 7) is 2.96. The average Bonchev–Trinajstić information content (AvgIpc) is 2.74. The van der Waals surface area contributed by atoms with Crippen LogP contribution in [-0.4, -0.2) is 24.8 Å². The second-order valence-electron chi connectivity index (χ2n) is 6.77. The summed E-state index contributed by atoms with van der Waals surface area (Å²) in [5, 5.41) is 0. The second-order valence-corrected chi connectivity index (χ2v) is 7.88. The molecule has 36 heavy (non-hydrogen) atoms. The fourth-order valence-electron chi connectivity index (χ4n) is 2.47. The monoisotopic (exact) mass is 553 g/mol. The minimum Gasteiger partial charge on any atom is -0.790 e. The average molecular weight is 554 g/mol. The van der Waals surface area contributed by atoms with E-state index in [1.54, 1.807) is 6.92 Å². The zero-order valence-corrected chi connectivity index (χ0v) is 26.7. The Balaban J connectivity index is -0.000000114. The molecule has 0 spiro atoms. The molecule has 9 nitrogen and oxygen atoms in total. The number of carbonyl (C=O) groups excluding carboxylic acids is 2. The Morgan fingerprint density at radius 2 is 1.36 bits per heavy atom. The third-order valence-electron chi connectivity index (χ3n) is 3.95. The Hall–Kier alpha value is -0.750. The van der Waals surface area contributed by atoms with Gasteiger partial charge in [0.05, 0.1) is 7.82 Å². The topological polar surface area (TPSA) is 160 Å². The summed E-state index contributed by atoms with van der Waals surface area (Å²) in [5.74, 6) is 16.7. The molecule has 1 atom stereocenters. The van der Waals surface area contributed by atoms with Gasteiger partial charge in [-0.1, -0.05) is 64.2 Å². The molecule has 0 radical (unpaired) electrons. The van der Waals surface area contributed by atoms with E-state index in [2.05, 4.69) is 57.6 Å². The van der Waals surface area contributed by atoms with Crippen LogP contribution in [0.25, 0.3) is 0 Å². The molecule has 0 fully saturated rings. The van der Waals surface area contributed by atoms with E-state index in [1.165, 1.54) is 25.7 Å². The molecule has 0 saturated carbocycles. The standard InChI is InChI=1S/C24H31O8P.H3N.2Na.7H2/c1-3-5-7-9-11-12-14-16-18-20-23(26)31-24(32-33(27,28)29)21-30-22(25)19-17-15-13-10-8-6-4-2;;;;;;;;;;/h24H,3,5,7,9,11-12,14,16,18,20-21H2,1-2H3,(H2,27,28,29);1H3;;;7*1H/q;;2*+1;;;;;;;/p-2/t24-;;;;;;;;;;/m1........../s1. The minimum absolute atomic E-state index is 0. The van der Waals surface area contributed by atoms with Crippen LogP contribution in [0.3, 0.4) is 0 Å². The van der Waals surface area contributed by atoms with Crippen LogP contribution in [0.2, 0.25) is 0 Å². The Morgan fingerprint density at radius 1 is 0.861 bits per heavy atom. The van der Waals surface area contributed by atoms with Gasteiger partial charge in [-0.2, -0.15) is 0 Å². The molecule has 12 heteroatoms. The van der Waals surface area contributed by atoms with E-state index in [9.17, 15) is 23.9 Å². The smallest absolute Gasteiger partial charge is 0.790 e. The third-order valence-corrected chi connectivity index (χ3v) is 4.44. The van der Waals surface area contributed by atoms with Gasteiger partial charge in [-0.15, -0.1) is 0 Å². The largest absolute Gasteiger partial charge is 1.00 e. The molecule has 0 aliphatic heterocycles. The molecule has 0 aliphatic rings. The first kappa shape index (κ1) is 42.3. The van der Waals surface area contributed by atoms with Gasteiger partial charge in [0.2, 0.25) is 6.29 Å². The third kappa shape index (κ3) is 31.3. The van der Waals surface area contributed by atoms with Crippen molar-refractivity contribution in [3.63, 3.8) is 0 Å². The quantitative estimate of drug-likeness (QED) is 0.0464. The molecular formula is C24H46NNa2O8P. The van der Waals surface area contributed by atoms with Crippen LogP contribution in [0, 0.1) is 47.4 Å². The van der Waals surface area contributed by atoms with E-state index in [-0.39, 0.29) is 81.7 Å². The number of hydrogen-bond donors (Lipinski definition) is 1. The van der Waals surface area contributed by atoms with Crippen molar-refractivity contribution in [3.05, 3.63) is 0 Å². The van der Waals surface area contributed by atoms with Gasteiger partial charge in [0.1, 0.15) is 0 Å². The van der Waals surface area contributed by atoms with Crippen molar-refractivity contribution >= 4 is 19.8 Å². The summed E-state index contributed by atoms with van der Waals surface area (Å²) in [7, 11) is -5.48. The maximum Gasteiger partial charge on any atom is 1.00 e. The fraction of sp³-hybridized carbons (Fsp3) is 0.583. The molecule has 3 N–H and O–H groups in total. The molecule has 0 heterocycles. The van der Waals surface area contributed by atoms with Gasteiger partial charge < -0.3 is 34.5 Å². The second kappa shape index (κ2) is 28.8. The summed E-state index contributed by atoms with van der Waals surface area (Å²) in [4.78, 5) is 45.2. The van der Waals surface area contributed by atoms with Crippen molar-refractivity contribution in [1.29, 1.82) is 0 Å². The van der Waals surface area contributed by atoms with Gasteiger partial charge in [0.25, 0.3) is 0 Å². The molecule has 0 saturated heterocycles. The van der Waals surface area contributed by atoms with Crippen LogP contribution < -0.4 is 75.1 Å². The van der Waals surface area contributed by atoms with Gasteiger partial charge in [-0.3, -0.25) is 4.79 Å². The maximum atomic E-state index is 11.9. The van der Waals surface area contributed by atoms with E-state index in [0.717, 1.165) is 25.7 Å². The normalized spacial score (nSPS) is 9.67. The van der Waals surface area contributed by atoms with Gasteiger partial charge in [-0.05, 0) is 48.9 Å². The number of phosphoric acid groups is 1. The molecule has 0 unspecified atom stereocenters. The number of unbranched alkanes of at least 4 members (excludes halogenated alkanes) is 8. The SMILES string of the molecule is CC#CC#CC#CC#CC(=O)OC[C@H](OC(=O)CCCCCCCCCCC)OP(=O)([O-])[O-].N.[HH].[HH].[HH].[HH].[HH].[HH].[HH].[Na+].[Na+]. The molecular weight excluding hydrogens is 507 g/mol. The first-order chi connectivity index (χ1) is 15.8. The Bertz CT molecular complexity index is 935. The fourth-order valence-corrected chi connectivity index (χ4v) is 2.86. The van der Waals surface area contributed by atoms with Crippen molar-refractivity contribution in [1.82, 2.24) is 6.15 Å². The van der Waals surface area contributed by atoms with Gasteiger partial charge >= 0.3 is 71.1 Å². The molecule has 0 rings (SSSR count). The van der Waals surface area contributed by atoms with Crippen LogP contribution in [0.15, 0.2) is 0 Å². The van der Waals surface area contributed by atoms with Crippen LogP contribution in [0.4, 0.5) is 0 Å². The number of phosphoric ester groups is 1. The Morgan fingerprint density at radius 3 is 1.89 bits per heavy atom. The molecule has 0 amide bonds. The zero-order chi connectivity index (χ0) is 24.8. The summed E-state index contributed by atoms with van der Waals surface area (Å²) in [6.07, 6.45) is 7.61. The predicted molar refractivity (Wildman–Crippen MR) is 138 cm³/mol. The molecule has 0 aromatic rings. The van der Waals surface area contributed by atoms with E-state index in [1.807, 2.05) is 5.92 Å². The van der Waals surface area contributed by atoms with Crippen LogP contribution in [0.1, 0.15) is 88.0 Å². The first-order valence-electron chi connectivity index (χ1n) is 10.8. The summed E-state index contributed by atoms with van der Waals surface area (Å²) < 4.78 is 24.5. The number of rotatable bonds is 15. The van der Waals surface area contributed by atoms with Crippen LogP contribution >= 0.6 is 7.82 Å². The summed E-state index contributed by atoms with van der Waals surface area (Å²) >= 11 is 0. The van der Waals surface area contributed by atoms with Crippen molar-refractivity contribution in [2.75, 3.05) is 6.61 Å². The first-order valence-corrected chi connectivity index (χ1v) is 12.2. The zero-order valence-electron chi connectivity index (χ0n) is 21.8. The Kier molecular flexibility index (Phi) is 33.9. The minimum atomic E-state index is -5.48. The van der Waals surface area contributed by atoms with Crippen molar-refractivity contribution in [2.45, 2.75) is 84.3 Å². The molecule has 202 valence electrons. The summed E-state index contributed by atoms with van der Waals surface area (Å²) in [6, 6.07) is 0. The maximum absolute atomic E-state index is 11.9. The van der Waals surface area contributed by atoms with Gasteiger partial charge in [-0.25, -0.2) is 4.79 Å². The van der Waals surface area contributed by atoms with Crippen molar-refractivity contribution in [2.24, 2.45) is 0 Å². The van der Waals surface area contributed by atoms with Crippen molar-refractivity contribution < 1.29 is 107 Å². The summed E-state index contributed by atoms with van der Waals surface area (Å²) in [5.41, 5.74) is 0. The van der Waals surface area contributed by atoms with E-state index in [0.29, 0.717) is 6.42 Å². The number of hydrogen-bond acceptors (Lipinski definition) is 9. The number of ether oxygens (including phenoxy) is 2. The van der Waals surface area contributed by atoms with Crippen molar-refractivity contribution in [3.8, 4) is 47.4 Å². The molecule has 0 bridgehead atoms. The molecule has 0 aromatic carbocycles. The van der Waals surface area contributed by atoms with E-state index in [4.69, 9.17) is 4.74 Å². The molecule has 0 aliphatic carbocycles. The van der Waals surface area contributed by atoms with Gasteiger partial charge in [0.15, 0.2) is 6.61 Å². The van der Waals surface area contributed by atoms with E-state index < -0.39 is 32.7 Å². The number of esters is 2. The Labute approximate surface area is 269 Å².